The summed E-state index contributed by atoms with van der Waals surface area (Å²) in [6.07, 6.45) is 1.21. The second kappa shape index (κ2) is 11.8. The number of piperidine rings is 1. The lowest BCUT2D eigenvalue weighted by Gasteiger charge is -2.36. The van der Waals surface area contributed by atoms with Gasteiger partial charge in [0.1, 0.15) is 6.04 Å². The van der Waals surface area contributed by atoms with Gasteiger partial charge in [-0.25, -0.2) is 0 Å². The van der Waals surface area contributed by atoms with Gasteiger partial charge in [-0.2, -0.15) is 0 Å². The lowest BCUT2D eigenvalue weighted by Crippen LogP contribution is -2.54. The Kier molecular flexibility index (Phi) is 8.86. The van der Waals surface area contributed by atoms with Crippen molar-refractivity contribution < 1.29 is 19.1 Å². The number of aryl methyl sites for hydroxylation is 1. The van der Waals surface area contributed by atoms with E-state index in [0.717, 1.165) is 5.56 Å². The van der Waals surface area contributed by atoms with Crippen LogP contribution in [0.2, 0.25) is 5.02 Å². The van der Waals surface area contributed by atoms with Crippen LogP contribution in [0.4, 0.5) is 0 Å². The van der Waals surface area contributed by atoms with Crippen LogP contribution in [-0.2, 0) is 9.53 Å². The summed E-state index contributed by atoms with van der Waals surface area (Å²) in [5.74, 6) is -0.678. The number of nitrogens with zero attached hydrogens (tertiary/aromatic N) is 1. The van der Waals surface area contributed by atoms with E-state index in [1.165, 1.54) is 0 Å². The quantitative estimate of drug-likeness (QED) is 0.579. The van der Waals surface area contributed by atoms with Gasteiger partial charge < -0.3 is 20.3 Å². The number of carbonyl (C=O) groups is 3. The predicted octanol–water partition coefficient (Wildman–Crippen LogP) is 3.06. The highest BCUT2D eigenvalue weighted by Gasteiger charge is 2.34. The van der Waals surface area contributed by atoms with Crippen molar-refractivity contribution in [2.24, 2.45) is 5.92 Å². The Bertz CT molecular complexity index is 955. The molecule has 3 amide bonds. The number of hydrogen-bond acceptors (Lipinski definition) is 4. The fourth-order valence-corrected chi connectivity index (χ4v) is 4.05. The summed E-state index contributed by atoms with van der Waals surface area (Å²) in [5, 5.41) is 6.34. The first kappa shape index (κ1) is 24.7. The standard InChI is InChI=1S/C25H30ClN3O4/c1-17-3-5-19(6-4-17)23(30)28-22(24(31)27-13-16-33-2)18-11-14-29(15-12-18)25(32)20-7-9-21(26)10-8-20/h3-10,18,22H,11-16H2,1-2H3,(H,27,31)(H,28,30)/t22-/m0/s1. The lowest BCUT2D eigenvalue weighted by atomic mass is 9.88. The van der Waals surface area contributed by atoms with Crippen LogP contribution in [-0.4, -0.2) is 62.0 Å². The summed E-state index contributed by atoms with van der Waals surface area (Å²) in [6, 6.07) is 13.4. The molecule has 0 aliphatic carbocycles. The van der Waals surface area contributed by atoms with Crippen LogP contribution in [0.1, 0.15) is 39.1 Å². The Balaban J connectivity index is 1.66. The molecule has 8 heteroatoms. The maximum absolute atomic E-state index is 12.9. The van der Waals surface area contributed by atoms with Crippen molar-refractivity contribution in [1.82, 2.24) is 15.5 Å². The van der Waals surface area contributed by atoms with Crippen LogP contribution in [0.3, 0.4) is 0 Å². The van der Waals surface area contributed by atoms with Crippen LogP contribution in [0, 0.1) is 12.8 Å². The normalized spacial score (nSPS) is 15.1. The van der Waals surface area contributed by atoms with E-state index in [-0.39, 0.29) is 23.6 Å². The summed E-state index contributed by atoms with van der Waals surface area (Å²) in [4.78, 5) is 40.4. The van der Waals surface area contributed by atoms with Crippen LogP contribution < -0.4 is 10.6 Å². The highest BCUT2D eigenvalue weighted by molar-refractivity contribution is 6.30. The molecule has 0 radical (unpaired) electrons. The predicted molar refractivity (Wildman–Crippen MR) is 127 cm³/mol. The van der Waals surface area contributed by atoms with E-state index in [1.807, 2.05) is 19.1 Å². The van der Waals surface area contributed by atoms with Gasteiger partial charge in [-0.05, 0) is 62.1 Å². The average Bonchev–Trinajstić information content (AvgIpc) is 2.83. The molecular formula is C25H30ClN3O4. The van der Waals surface area contributed by atoms with Crippen LogP contribution in [0.25, 0.3) is 0 Å². The molecule has 1 fully saturated rings. The number of rotatable bonds is 8. The Morgan fingerprint density at radius 1 is 1.03 bits per heavy atom. The molecule has 3 rings (SSSR count). The van der Waals surface area contributed by atoms with Gasteiger partial charge >= 0.3 is 0 Å². The maximum atomic E-state index is 12.9. The number of ether oxygens (including phenoxy) is 1. The second-order valence-corrected chi connectivity index (χ2v) is 8.67. The van der Waals surface area contributed by atoms with E-state index in [9.17, 15) is 14.4 Å². The van der Waals surface area contributed by atoms with E-state index >= 15 is 0 Å². The zero-order chi connectivity index (χ0) is 23.8. The molecule has 0 bridgehead atoms. The monoisotopic (exact) mass is 471 g/mol. The minimum Gasteiger partial charge on any atom is -0.383 e. The molecule has 0 aromatic heterocycles. The largest absolute Gasteiger partial charge is 0.383 e. The van der Waals surface area contributed by atoms with Gasteiger partial charge in [-0.3, -0.25) is 14.4 Å². The van der Waals surface area contributed by atoms with Crippen molar-refractivity contribution in [3.63, 3.8) is 0 Å². The zero-order valence-electron chi connectivity index (χ0n) is 19.0. The molecule has 0 saturated carbocycles. The number of nitrogens with one attached hydrogen (secondary N) is 2. The molecule has 0 unspecified atom stereocenters. The summed E-state index contributed by atoms with van der Waals surface area (Å²) in [5.41, 5.74) is 2.14. The van der Waals surface area contributed by atoms with Gasteiger partial charge in [0.05, 0.1) is 6.61 Å². The molecule has 0 spiro atoms. The SMILES string of the molecule is COCCNC(=O)[C@@H](NC(=O)c1ccc(C)cc1)C1CCN(C(=O)c2ccc(Cl)cc2)CC1. The number of carbonyl (C=O) groups excluding carboxylic acids is 3. The molecule has 1 atom stereocenters. The first-order valence-electron chi connectivity index (χ1n) is 11.1. The van der Waals surface area contributed by atoms with E-state index in [0.29, 0.717) is 55.2 Å². The molecule has 2 aromatic rings. The summed E-state index contributed by atoms with van der Waals surface area (Å²) >= 11 is 5.92. The summed E-state index contributed by atoms with van der Waals surface area (Å²) < 4.78 is 5.01. The second-order valence-electron chi connectivity index (χ2n) is 8.24. The Morgan fingerprint density at radius 3 is 2.24 bits per heavy atom. The highest BCUT2D eigenvalue weighted by atomic mass is 35.5. The van der Waals surface area contributed by atoms with Crippen molar-refractivity contribution in [2.75, 3.05) is 33.4 Å². The number of amides is 3. The van der Waals surface area contributed by atoms with Crippen molar-refractivity contribution in [3.8, 4) is 0 Å². The van der Waals surface area contributed by atoms with Crippen molar-refractivity contribution in [3.05, 3.63) is 70.2 Å². The molecule has 1 saturated heterocycles. The van der Waals surface area contributed by atoms with Gasteiger partial charge in [0.2, 0.25) is 5.91 Å². The Morgan fingerprint density at radius 2 is 1.64 bits per heavy atom. The fraction of sp³-hybridized carbons (Fsp3) is 0.400. The van der Waals surface area contributed by atoms with Gasteiger partial charge in [0.25, 0.3) is 11.8 Å². The molecule has 1 aliphatic rings. The van der Waals surface area contributed by atoms with Crippen molar-refractivity contribution in [2.45, 2.75) is 25.8 Å². The van der Waals surface area contributed by atoms with Crippen LogP contribution in [0.5, 0.6) is 0 Å². The van der Waals surface area contributed by atoms with Crippen LogP contribution in [0.15, 0.2) is 48.5 Å². The van der Waals surface area contributed by atoms with Gasteiger partial charge in [-0.15, -0.1) is 0 Å². The first-order valence-corrected chi connectivity index (χ1v) is 11.5. The highest BCUT2D eigenvalue weighted by Crippen LogP contribution is 2.23. The fourth-order valence-electron chi connectivity index (χ4n) is 3.92. The third-order valence-electron chi connectivity index (χ3n) is 5.88. The zero-order valence-corrected chi connectivity index (χ0v) is 19.7. The molecule has 2 aromatic carbocycles. The minimum absolute atomic E-state index is 0.0603. The Hall–Kier alpha value is -2.90. The third-order valence-corrected chi connectivity index (χ3v) is 6.13. The van der Waals surface area contributed by atoms with E-state index in [4.69, 9.17) is 16.3 Å². The number of likely N-dealkylation sites (tertiary alicyclic amines) is 1. The van der Waals surface area contributed by atoms with E-state index in [2.05, 4.69) is 10.6 Å². The molecule has 2 N–H and O–H groups in total. The first-order chi connectivity index (χ1) is 15.9. The molecular weight excluding hydrogens is 442 g/mol. The summed E-state index contributed by atoms with van der Waals surface area (Å²) in [6.45, 7) is 3.72. The number of halogens is 1. The molecule has 33 heavy (non-hydrogen) atoms. The van der Waals surface area contributed by atoms with Gasteiger partial charge in [0.15, 0.2) is 0 Å². The van der Waals surface area contributed by atoms with Gasteiger partial charge in [0, 0.05) is 42.9 Å². The topological polar surface area (TPSA) is 87.7 Å². The van der Waals surface area contributed by atoms with Crippen molar-refractivity contribution in [1.29, 1.82) is 0 Å². The Labute approximate surface area is 199 Å². The third kappa shape index (κ3) is 6.79. The van der Waals surface area contributed by atoms with Crippen LogP contribution >= 0.6 is 11.6 Å². The van der Waals surface area contributed by atoms with Crippen molar-refractivity contribution >= 4 is 29.3 Å². The maximum Gasteiger partial charge on any atom is 0.253 e. The number of benzene rings is 2. The molecule has 1 heterocycles. The minimum atomic E-state index is -0.691. The molecule has 176 valence electrons. The lowest BCUT2D eigenvalue weighted by molar-refractivity contribution is -0.124. The average molecular weight is 472 g/mol. The molecule has 1 aliphatic heterocycles. The van der Waals surface area contributed by atoms with Gasteiger partial charge in [-0.1, -0.05) is 29.3 Å². The number of methoxy groups -OCH3 is 1. The molecule has 7 nitrogen and oxygen atoms in total. The number of hydrogen-bond donors (Lipinski definition) is 2. The van der Waals surface area contributed by atoms with E-state index in [1.54, 1.807) is 48.4 Å². The summed E-state index contributed by atoms with van der Waals surface area (Å²) in [7, 11) is 1.57. The smallest absolute Gasteiger partial charge is 0.253 e. The van der Waals surface area contributed by atoms with E-state index < -0.39 is 6.04 Å².